The molecule has 0 unspecified atom stereocenters. The zero-order chi connectivity index (χ0) is 24.8. The molecular formula is C27H33FN2O4. The highest BCUT2D eigenvalue weighted by Crippen LogP contribution is 2.40. The molecule has 0 aromatic heterocycles. The van der Waals surface area contributed by atoms with Crippen molar-refractivity contribution in [3.8, 4) is 5.75 Å². The Morgan fingerprint density at radius 3 is 2.44 bits per heavy atom. The van der Waals surface area contributed by atoms with Crippen molar-refractivity contribution in [2.75, 3.05) is 32.8 Å². The van der Waals surface area contributed by atoms with Gasteiger partial charge in [0.15, 0.2) is 0 Å². The van der Waals surface area contributed by atoms with Crippen molar-refractivity contribution in [1.82, 2.24) is 9.80 Å². The first-order valence-corrected chi connectivity index (χ1v) is 11.8. The first-order valence-electron chi connectivity index (χ1n) is 11.8. The Balaban J connectivity index is 2.10. The number of aliphatic hydroxyl groups is 1. The highest BCUT2D eigenvalue weighted by atomic mass is 19.1. The number of halogens is 1. The van der Waals surface area contributed by atoms with Crippen molar-refractivity contribution >= 4 is 17.4 Å². The number of aliphatic hydroxyl groups excluding tert-OH is 1. The predicted octanol–water partition coefficient (Wildman–Crippen LogP) is 4.69. The van der Waals surface area contributed by atoms with Crippen molar-refractivity contribution in [2.24, 2.45) is 0 Å². The molecule has 34 heavy (non-hydrogen) atoms. The van der Waals surface area contributed by atoms with Gasteiger partial charge in [-0.3, -0.25) is 9.59 Å². The Bertz CT molecular complexity index is 1080. The van der Waals surface area contributed by atoms with Gasteiger partial charge in [-0.2, -0.15) is 0 Å². The average Bonchev–Trinajstić information content (AvgIpc) is 3.08. The third kappa shape index (κ3) is 5.14. The summed E-state index contributed by atoms with van der Waals surface area (Å²) in [6, 6.07) is 10.2. The molecule has 3 rings (SSSR count). The van der Waals surface area contributed by atoms with Crippen LogP contribution in [0.2, 0.25) is 0 Å². The topological polar surface area (TPSA) is 70.1 Å². The fraction of sp³-hybridized carbons (Fsp3) is 0.407. The molecule has 1 N–H and O–H groups in total. The Morgan fingerprint density at radius 2 is 1.82 bits per heavy atom. The lowest BCUT2D eigenvalue weighted by atomic mass is 9.93. The maximum absolute atomic E-state index is 14.9. The molecule has 6 nitrogen and oxygen atoms in total. The van der Waals surface area contributed by atoms with Crippen LogP contribution in [0, 0.1) is 12.7 Å². The van der Waals surface area contributed by atoms with E-state index in [9.17, 15) is 19.1 Å². The number of ether oxygens (including phenoxy) is 1. The van der Waals surface area contributed by atoms with E-state index in [4.69, 9.17) is 4.74 Å². The molecule has 0 aliphatic carbocycles. The quantitative estimate of drug-likeness (QED) is 0.311. The zero-order valence-corrected chi connectivity index (χ0v) is 20.3. The van der Waals surface area contributed by atoms with Gasteiger partial charge in [-0.1, -0.05) is 39.0 Å². The number of rotatable bonds is 10. The SMILES string of the molecule is CCCOc1ccc(C(O)=C2C(=O)C(=O)N(CCN(CC)CC)[C@@H]2c2ccccc2F)c(C)c1. The molecule has 0 radical (unpaired) electrons. The first kappa shape index (κ1) is 25.4. The van der Waals surface area contributed by atoms with Crippen LogP contribution < -0.4 is 4.74 Å². The van der Waals surface area contributed by atoms with Gasteiger partial charge >= 0.3 is 0 Å². The van der Waals surface area contributed by atoms with Crippen molar-refractivity contribution in [2.45, 2.75) is 40.2 Å². The number of nitrogens with zero attached hydrogens (tertiary/aromatic N) is 2. The summed E-state index contributed by atoms with van der Waals surface area (Å²) in [7, 11) is 0. The van der Waals surface area contributed by atoms with E-state index in [1.807, 2.05) is 20.8 Å². The molecule has 1 heterocycles. The van der Waals surface area contributed by atoms with Crippen LogP contribution in [0.1, 0.15) is 49.9 Å². The van der Waals surface area contributed by atoms with Gasteiger partial charge in [-0.05, 0) is 56.3 Å². The molecule has 0 bridgehead atoms. The normalized spacial score (nSPS) is 17.6. The summed E-state index contributed by atoms with van der Waals surface area (Å²) >= 11 is 0. The minimum atomic E-state index is -1.01. The lowest BCUT2D eigenvalue weighted by Crippen LogP contribution is -2.38. The fourth-order valence-corrected chi connectivity index (χ4v) is 4.28. The van der Waals surface area contributed by atoms with E-state index in [0.717, 1.165) is 19.5 Å². The monoisotopic (exact) mass is 468 g/mol. The number of carbonyl (C=O) groups excluding carboxylic acids is 2. The van der Waals surface area contributed by atoms with Gasteiger partial charge < -0.3 is 19.6 Å². The number of amides is 1. The molecule has 182 valence electrons. The summed E-state index contributed by atoms with van der Waals surface area (Å²) in [6.07, 6.45) is 0.861. The van der Waals surface area contributed by atoms with E-state index in [1.165, 1.54) is 11.0 Å². The van der Waals surface area contributed by atoms with Crippen molar-refractivity contribution in [1.29, 1.82) is 0 Å². The number of hydrogen-bond acceptors (Lipinski definition) is 5. The molecule has 0 spiro atoms. The van der Waals surface area contributed by atoms with E-state index in [2.05, 4.69) is 4.90 Å². The van der Waals surface area contributed by atoms with Gasteiger partial charge in [-0.15, -0.1) is 0 Å². The van der Waals surface area contributed by atoms with E-state index in [-0.39, 0.29) is 23.4 Å². The van der Waals surface area contributed by atoms with Crippen LogP contribution >= 0.6 is 0 Å². The van der Waals surface area contributed by atoms with Crippen LogP contribution in [-0.2, 0) is 9.59 Å². The van der Waals surface area contributed by atoms with Gasteiger partial charge in [0.1, 0.15) is 17.3 Å². The van der Waals surface area contributed by atoms with Crippen LogP contribution in [-0.4, -0.2) is 59.4 Å². The molecule has 7 heteroatoms. The number of aryl methyl sites for hydroxylation is 1. The largest absolute Gasteiger partial charge is 0.507 e. The highest BCUT2D eigenvalue weighted by Gasteiger charge is 2.46. The minimum Gasteiger partial charge on any atom is -0.507 e. The van der Waals surface area contributed by atoms with E-state index < -0.39 is 23.5 Å². The Morgan fingerprint density at radius 1 is 1.12 bits per heavy atom. The Hall–Kier alpha value is -3.19. The van der Waals surface area contributed by atoms with Crippen LogP contribution in [0.25, 0.3) is 5.76 Å². The zero-order valence-electron chi connectivity index (χ0n) is 20.3. The molecular weight excluding hydrogens is 435 g/mol. The summed E-state index contributed by atoms with van der Waals surface area (Å²) in [5.74, 6) is -1.73. The van der Waals surface area contributed by atoms with Crippen LogP contribution in [0.15, 0.2) is 48.0 Å². The maximum atomic E-state index is 14.9. The highest BCUT2D eigenvalue weighted by molar-refractivity contribution is 6.46. The molecule has 1 fully saturated rings. The second kappa shape index (κ2) is 11.3. The minimum absolute atomic E-state index is 0.0972. The molecule has 2 aromatic rings. The number of ketones is 1. The van der Waals surface area contributed by atoms with Crippen LogP contribution in [0.4, 0.5) is 4.39 Å². The van der Waals surface area contributed by atoms with Gasteiger partial charge in [0.25, 0.3) is 11.7 Å². The molecule has 0 saturated carbocycles. The summed E-state index contributed by atoms with van der Waals surface area (Å²) in [5.41, 5.74) is 1.18. The summed E-state index contributed by atoms with van der Waals surface area (Å²) in [5, 5.41) is 11.3. The smallest absolute Gasteiger partial charge is 0.295 e. The Labute approximate surface area is 200 Å². The predicted molar refractivity (Wildman–Crippen MR) is 130 cm³/mol. The number of likely N-dealkylation sites (N-methyl/N-ethyl adjacent to an activating group) is 1. The number of hydrogen-bond donors (Lipinski definition) is 1. The molecule has 1 saturated heterocycles. The second-order valence-corrected chi connectivity index (χ2v) is 8.37. The third-order valence-electron chi connectivity index (χ3n) is 6.22. The summed E-state index contributed by atoms with van der Waals surface area (Å²) in [4.78, 5) is 29.7. The molecule has 1 atom stereocenters. The standard InChI is InChI=1S/C27H33FN2O4/c1-5-16-34-19-12-13-20(18(4)17-19)25(31)23-24(21-10-8-9-11-22(21)28)30(27(33)26(23)32)15-14-29(6-2)7-3/h8-13,17,24,31H,5-7,14-16H2,1-4H3/t24-/m1/s1. The number of carbonyl (C=O) groups is 2. The van der Waals surface area contributed by atoms with Crippen molar-refractivity contribution < 1.29 is 23.8 Å². The maximum Gasteiger partial charge on any atom is 0.295 e. The number of likely N-dealkylation sites (tertiary alicyclic amines) is 1. The van der Waals surface area contributed by atoms with E-state index in [1.54, 1.807) is 43.3 Å². The van der Waals surface area contributed by atoms with E-state index in [0.29, 0.717) is 30.0 Å². The lowest BCUT2D eigenvalue weighted by molar-refractivity contribution is -0.140. The number of benzene rings is 2. The Kier molecular flexibility index (Phi) is 8.45. The van der Waals surface area contributed by atoms with Gasteiger partial charge in [-0.25, -0.2) is 4.39 Å². The first-order chi connectivity index (χ1) is 16.3. The van der Waals surface area contributed by atoms with Crippen molar-refractivity contribution in [3.05, 3.63) is 70.5 Å². The van der Waals surface area contributed by atoms with Crippen molar-refractivity contribution in [3.63, 3.8) is 0 Å². The van der Waals surface area contributed by atoms with Gasteiger partial charge in [0, 0.05) is 24.2 Å². The average molecular weight is 469 g/mol. The molecule has 1 aliphatic heterocycles. The van der Waals surface area contributed by atoms with Crippen LogP contribution in [0.5, 0.6) is 5.75 Å². The fourth-order valence-electron chi connectivity index (χ4n) is 4.28. The third-order valence-corrected chi connectivity index (χ3v) is 6.22. The molecule has 1 aliphatic rings. The van der Waals surface area contributed by atoms with Gasteiger partial charge in [0.05, 0.1) is 18.2 Å². The summed E-state index contributed by atoms with van der Waals surface area (Å²) < 4.78 is 20.6. The number of Topliss-reactive ketones (excluding diaryl/α,β-unsaturated/α-hetero) is 1. The van der Waals surface area contributed by atoms with E-state index >= 15 is 0 Å². The molecule has 2 aromatic carbocycles. The van der Waals surface area contributed by atoms with Gasteiger partial charge in [0.2, 0.25) is 0 Å². The van der Waals surface area contributed by atoms with Crippen LogP contribution in [0.3, 0.4) is 0 Å². The molecule has 1 amide bonds. The lowest BCUT2D eigenvalue weighted by Gasteiger charge is -2.28. The second-order valence-electron chi connectivity index (χ2n) is 8.37. The summed E-state index contributed by atoms with van der Waals surface area (Å²) in [6.45, 7) is 10.8.